The largest absolute Gasteiger partial charge is 0.464 e. The van der Waals surface area contributed by atoms with E-state index in [0.29, 0.717) is 11.5 Å². The Morgan fingerprint density at radius 3 is 2.75 bits per heavy atom. The summed E-state index contributed by atoms with van der Waals surface area (Å²) in [5, 5.41) is 19.8. The number of likely N-dealkylation sites (N-methyl/N-ethyl adjacent to an activating group) is 1. The van der Waals surface area contributed by atoms with Crippen LogP contribution in [0.25, 0.3) is 0 Å². The van der Waals surface area contributed by atoms with E-state index in [1.54, 1.807) is 25.1 Å². The van der Waals surface area contributed by atoms with E-state index in [4.69, 9.17) is 9.68 Å². The molecule has 0 spiro atoms. The third kappa shape index (κ3) is 3.67. The summed E-state index contributed by atoms with van der Waals surface area (Å²) in [4.78, 5) is 35.7. The van der Waals surface area contributed by atoms with Crippen LogP contribution in [0.15, 0.2) is 33.6 Å². The number of rotatable bonds is 5. The Morgan fingerprint density at radius 2 is 2.21 bits per heavy atom. The maximum Gasteiger partial charge on any atom is 0.287 e. The molecule has 2 aromatic rings. The number of nitrogens with zero attached hydrogens (tertiary/aromatic N) is 4. The maximum absolute atomic E-state index is 12.2. The van der Waals surface area contributed by atoms with Crippen LogP contribution >= 0.6 is 0 Å². The molecule has 2 aromatic heterocycles. The number of nitriles is 1. The van der Waals surface area contributed by atoms with Crippen molar-refractivity contribution in [3.8, 4) is 6.07 Å². The van der Waals surface area contributed by atoms with Crippen LogP contribution in [0.5, 0.6) is 0 Å². The van der Waals surface area contributed by atoms with Gasteiger partial charge in [-0.2, -0.15) is 5.26 Å². The van der Waals surface area contributed by atoms with Crippen molar-refractivity contribution < 1.29 is 14.1 Å². The predicted molar refractivity (Wildman–Crippen MR) is 82.0 cm³/mol. The lowest BCUT2D eigenvalue weighted by atomic mass is 10.2. The van der Waals surface area contributed by atoms with Crippen LogP contribution in [0.1, 0.15) is 17.1 Å². The molecule has 1 amide bonds. The second-order valence-electron chi connectivity index (χ2n) is 5.18. The molecule has 9 heteroatoms. The summed E-state index contributed by atoms with van der Waals surface area (Å²) in [6.07, 6.45) is 0.950. The number of carbonyl (C=O) groups is 1. The van der Waals surface area contributed by atoms with Gasteiger partial charge in [-0.25, -0.2) is 0 Å². The number of aryl methyl sites for hydroxylation is 1. The molecule has 0 aromatic carbocycles. The van der Waals surface area contributed by atoms with E-state index >= 15 is 0 Å². The molecule has 124 valence electrons. The summed E-state index contributed by atoms with van der Waals surface area (Å²) in [6.45, 7) is 1.56. The number of carbonyl (C=O) groups excluding carboxylic acids is 1. The summed E-state index contributed by atoms with van der Waals surface area (Å²) in [7, 11) is 1.52. The molecule has 0 saturated carbocycles. The lowest BCUT2D eigenvalue weighted by Gasteiger charge is -2.16. The first-order valence-electron chi connectivity index (χ1n) is 6.90. The Labute approximate surface area is 136 Å². The van der Waals surface area contributed by atoms with Crippen molar-refractivity contribution in [2.24, 2.45) is 0 Å². The summed E-state index contributed by atoms with van der Waals surface area (Å²) >= 11 is 0. The molecule has 0 N–H and O–H groups in total. The summed E-state index contributed by atoms with van der Waals surface area (Å²) in [6, 6.07) is 5.98. The van der Waals surface area contributed by atoms with Gasteiger partial charge in [-0.1, -0.05) is 0 Å². The van der Waals surface area contributed by atoms with Crippen molar-refractivity contribution in [2.75, 3.05) is 7.05 Å². The molecule has 2 heterocycles. The molecule has 2 rings (SSSR count). The van der Waals surface area contributed by atoms with Crippen molar-refractivity contribution in [1.82, 2.24) is 9.47 Å². The highest BCUT2D eigenvalue weighted by Gasteiger charge is 2.18. The molecule has 0 aliphatic heterocycles. The van der Waals surface area contributed by atoms with Crippen molar-refractivity contribution in [3.63, 3.8) is 0 Å². The van der Waals surface area contributed by atoms with Gasteiger partial charge in [0.05, 0.1) is 17.7 Å². The molecule has 0 aliphatic rings. The molecule has 9 nitrogen and oxygen atoms in total. The minimum atomic E-state index is -0.751. The monoisotopic (exact) mass is 330 g/mol. The van der Waals surface area contributed by atoms with Crippen LogP contribution in [0.4, 0.5) is 5.69 Å². The second kappa shape index (κ2) is 6.78. The fourth-order valence-electron chi connectivity index (χ4n) is 2.08. The third-order valence-corrected chi connectivity index (χ3v) is 3.32. The van der Waals surface area contributed by atoms with Gasteiger partial charge in [-0.05, 0) is 19.1 Å². The zero-order valence-electron chi connectivity index (χ0n) is 13.1. The van der Waals surface area contributed by atoms with Gasteiger partial charge in [0.25, 0.3) is 11.2 Å². The van der Waals surface area contributed by atoms with E-state index in [0.717, 1.165) is 16.8 Å². The number of hydrogen-bond acceptors (Lipinski definition) is 6. The van der Waals surface area contributed by atoms with E-state index < -0.39 is 28.6 Å². The smallest absolute Gasteiger partial charge is 0.287 e. The molecule has 0 aliphatic carbocycles. The SMILES string of the molecule is Cc1ccc(CN(C)C(=O)Cn2cc([N+](=O)[O-])cc(C#N)c2=O)o1. The summed E-state index contributed by atoms with van der Waals surface area (Å²) in [5.41, 5.74) is -1.57. The van der Waals surface area contributed by atoms with Crippen molar-refractivity contribution in [2.45, 2.75) is 20.0 Å². The van der Waals surface area contributed by atoms with E-state index in [2.05, 4.69) is 0 Å². The average Bonchev–Trinajstić information content (AvgIpc) is 2.93. The van der Waals surface area contributed by atoms with E-state index in [1.165, 1.54) is 11.9 Å². The first kappa shape index (κ1) is 17.0. The summed E-state index contributed by atoms with van der Waals surface area (Å²) < 4.78 is 6.23. The van der Waals surface area contributed by atoms with Crippen molar-refractivity contribution >= 4 is 11.6 Å². The highest BCUT2D eigenvalue weighted by Crippen LogP contribution is 2.11. The van der Waals surface area contributed by atoms with Gasteiger partial charge in [0.2, 0.25) is 5.91 Å². The molecule has 0 bridgehead atoms. The second-order valence-corrected chi connectivity index (χ2v) is 5.18. The molecular formula is C15H14N4O5. The fourth-order valence-corrected chi connectivity index (χ4v) is 2.08. The molecule has 0 fully saturated rings. The first-order valence-corrected chi connectivity index (χ1v) is 6.90. The highest BCUT2D eigenvalue weighted by atomic mass is 16.6. The van der Waals surface area contributed by atoms with Crippen LogP contribution < -0.4 is 5.56 Å². The molecular weight excluding hydrogens is 316 g/mol. The predicted octanol–water partition coefficient (Wildman–Crippen LogP) is 1.19. The number of pyridine rings is 1. The van der Waals surface area contributed by atoms with E-state index in [1.807, 2.05) is 0 Å². The minimum Gasteiger partial charge on any atom is -0.464 e. The number of furan rings is 1. The number of nitro groups is 1. The van der Waals surface area contributed by atoms with E-state index in [-0.39, 0.29) is 12.1 Å². The number of aromatic nitrogens is 1. The average molecular weight is 330 g/mol. The zero-order valence-corrected chi connectivity index (χ0v) is 13.1. The highest BCUT2D eigenvalue weighted by molar-refractivity contribution is 5.75. The quantitative estimate of drug-likeness (QED) is 0.599. The van der Waals surface area contributed by atoms with Crippen LogP contribution in [0, 0.1) is 28.4 Å². The molecule has 0 saturated heterocycles. The summed E-state index contributed by atoms with van der Waals surface area (Å²) in [5.74, 6) is 0.836. The Kier molecular flexibility index (Phi) is 4.79. The molecule has 24 heavy (non-hydrogen) atoms. The Morgan fingerprint density at radius 1 is 1.50 bits per heavy atom. The van der Waals surface area contributed by atoms with Gasteiger partial charge < -0.3 is 9.32 Å². The van der Waals surface area contributed by atoms with Crippen LogP contribution in [-0.4, -0.2) is 27.3 Å². The topological polar surface area (TPSA) is 122 Å². The molecule has 0 atom stereocenters. The van der Waals surface area contributed by atoms with Crippen LogP contribution in [0.2, 0.25) is 0 Å². The molecule has 0 radical (unpaired) electrons. The standard InChI is InChI=1S/C15H14N4O5/c1-10-3-4-13(24-10)8-17(2)14(20)9-18-7-12(19(22)23)5-11(6-16)15(18)21/h3-5,7H,8-9H2,1-2H3. The van der Waals surface area contributed by atoms with Crippen molar-refractivity contribution in [1.29, 1.82) is 5.26 Å². The van der Waals surface area contributed by atoms with Crippen LogP contribution in [0.3, 0.4) is 0 Å². The van der Waals surface area contributed by atoms with Gasteiger partial charge in [0.15, 0.2) is 0 Å². The lowest BCUT2D eigenvalue weighted by molar-refractivity contribution is -0.385. The molecule has 0 unspecified atom stereocenters. The van der Waals surface area contributed by atoms with Crippen molar-refractivity contribution in [3.05, 3.63) is 61.9 Å². The van der Waals surface area contributed by atoms with Gasteiger partial charge in [-0.3, -0.25) is 24.3 Å². The van der Waals surface area contributed by atoms with E-state index in [9.17, 15) is 19.7 Å². The third-order valence-electron chi connectivity index (χ3n) is 3.32. The first-order chi connectivity index (χ1) is 11.3. The van der Waals surface area contributed by atoms with Gasteiger partial charge in [0.1, 0.15) is 29.7 Å². The van der Waals surface area contributed by atoms with Gasteiger partial charge in [0, 0.05) is 13.1 Å². The Balaban J connectivity index is 2.22. The normalized spacial score (nSPS) is 10.2. The Bertz CT molecular complexity index is 890. The number of amides is 1. The fraction of sp³-hybridized carbons (Fsp3) is 0.267. The lowest BCUT2D eigenvalue weighted by Crippen LogP contribution is -2.34. The Hall–Kier alpha value is -3.41. The number of hydrogen-bond donors (Lipinski definition) is 0. The van der Waals surface area contributed by atoms with Crippen LogP contribution in [-0.2, 0) is 17.9 Å². The maximum atomic E-state index is 12.2. The van der Waals surface area contributed by atoms with Gasteiger partial charge in [-0.15, -0.1) is 0 Å². The minimum absolute atomic E-state index is 0.196. The zero-order chi connectivity index (χ0) is 17.9. The van der Waals surface area contributed by atoms with Gasteiger partial charge >= 0.3 is 0 Å².